The van der Waals surface area contributed by atoms with Crippen LogP contribution in [0.15, 0.2) is 97.1 Å². The first-order valence-electron chi connectivity index (χ1n) is 8.01. The van der Waals surface area contributed by atoms with Gasteiger partial charge in [-0.15, -0.1) is 0 Å². The summed E-state index contributed by atoms with van der Waals surface area (Å²) in [5, 5.41) is 2.08. The lowest BCUT2D eigenvalue weighted by molar-refractivity contribution is 0.104. The van der Waals surface area contributed by atoms with Crippen LogP contribution in [-0.4, -0.2) is 5.78 Å². The monoisotopic (exact) mass is 308 g/mol. The Bertz CT molecular complexity index is 994. The minimum Gasteiger partial charge on any atom is -0.289 e. The van der Waals surface area contributed by atoms with Crippen molar-refractivity contribution in [1.82, 2.24) is 0 Å². The SMILES string of the molecule is O=C(c1ccc(-c2ccccc2)cc1)c1cccc2ccccc12. The second-order valence-electron chi connectivity index (χ2n) is 5.80. The number of rotatable bonds is 3. The molecule has 0 fully saturated rings. The van der Waals surface area contributed by atoms with Gasteiger partial charge in [-0.3, -0.25) is 4.79 Å². The Kier molecular flexibility index (Phi) is 3.68. The molecule has 114 valence electrons. The summed E-state index contributed by atoms with van der Waals surface area (Å²) in [7, 11) is 0. The molecule has 0 aromatic heterocycles. The topological polar surface area (TPSA) is 17.1 Å². The van der Waals surface area contributed by atoms with E-state index in [0.717, 1.165) is 27.5 Å². The second kappa shape index (κ2) is 6.13. The lowest BCUT2D eigenvalue weighted by Gasteiger charge is -2.07. The largest absolute Gasteiger partial charge is 0.289 e. The molecule has 0 bridgehead atoms. The van der Waals surface area contributed by atoms with Gasteiger partial charge in [0.1, 0.15) is 0 Å². The average Bonchev–Trinajstić information content (AvgIpc) is 2.68. The molecule has 24 heavy (non-hydrogen) atoms. The maximum absolute atomic E-state index is 12.9. The Morgan fingerprint density at radius 2 is 1.17 bits per heavy atom. The molecule has 1 heteroatoms. The number of carbonyl (C=O) groups excluding carboxylic acids is 1. The summed E-state index contributed by atoms with van der Waals surface area (Å²) < 4.78 is 0. The minimum atomic E-state index is 0.0615. The van der Waals surface area contributed by atoms with Crippen LogP contribution in [0.4, 0.5) is 0 Å². The van der Waals surface area contributed by atoms with Crippen LogP contribution in [-0.2, 0) is 0 Å². The average molecular weight is 308 g/mol. The first-order valence-corrected chi connectivity index (χ1v) is 8.01. The highest BCUT2D eigenvalue weighted by Crippen LogP contribution is 2.24. The fourth-order valence-corrected chi connectivity index (χ4v) is 3.02. The van der Waals surface area contributed by atoms with Gasteiger partial charge in [-0.2, -0.15) is 0 Å². The molecule has 0 N–H and O–H groups in total. The van der Waals surface area contributed by atoms with Gasteiger partial charge in [-0.25, -0.2) is 0 Å². The Morgan fingerprint density at radius 1 is 0.542 bits per heavy atom. The molecule has 4 rings (SSSR count). The predicted octanol–water partition coefficient (Wildman–Crippen LogP) is 5.74. The summed E-state index contributed by atoms with van der Waals surface area (Å²) in [5.74, 6) is 0.0615. The fourth-order valence-electron chi connectivity index (χ4n) is 3.02. The van der Waals surface area contributed by atoms with Gasteiger partial charge in [0.15, 0.2) is 5.78 Å². The Balaban J connectivity index is 1.72. The quantitative estimate of drug-likeness (QED) is 0.441. The molecule has 0 spiro atoms. The first-order chi connectivity index (χ1) is 11.8. The van der Waals surface area contributed by atoms with Crippen LogP contribution in [0.2, 0.25) is 0 Å². The first kappa shape index (κ1) is 14.4. The van der Waals surface area contributed by atoms with Crippen LogP contribution in [0.1, 0.15) is 15.9 Å². The highest BCUT2D eigenvalue weighted by atomic mass is 16.1. The van der Waals surface area contributed by atoms with E-state index < -0.39 is 0 Å². The molecule has 0 unspecified atom stereocenters. The van der Waals surface area contributed by atoms with Crippen molar-refractivity contribution < 1.29 is 4.79 Å². The molecular formula is C23H16O. The molecule has 0 atom stereocenters. The van der Waals surface area contributed by atoms with E-state index in [4.69, 9.17) is 0 Å². The molecule has 0 aliphatic heterocycles. The summed E-state index contributed by atoms with van der Waals surface area (Å²) in [4.78, 5) is 12.9. The molecule has 0 amide bonds. The van der Waals surface area contributed by atoms with Gasteiger partial charge < -0.3 is 0 Å². The van der Waals surface area contributed by atoms with Crippen LogP contribution in [0.3, 0.4) is 0 Å². The fraction of sp³-hybridized carbons (Fsp3) is 0. The van der Waals surface area contributed by atoms with Gasteiger partial charge in [-0.05, 0) is 21.9 Å². The number of hydrogen-bond acceptors (Lipinski definition) is 1. The zero-order valence-corrected chi connectivity index (χ0v) is 13.1. The zero-order chi connectivity index (χ0) is 16.4. The Morgan fingerprint density at radius 3 is 1.96 bits per heavy atom. The zero-order valence-electron chi connectivity index (χ0n) is 13.1. The van der Waals surface area contributed by atoms with E-state index in [1.165, 1.54) is 0 Å². The summed E-state index contributed by atoms with van der Waals surface area (Å²) in [5.41, 5.74) is 3.73. The van der Waals surface area contributed by atoms with E-state index >= 15 is 0 Å². The van der Waals surface area contributed by atoms with Crippen LogP contribution in [0, 0.1) is 0 Å². The third-order valence-corrected chi connectivity index (χ3v) is 4.29. The lowest BCUT2D eigenvalue weighted by Crippen LogP contribution is -2.02. The van der Waals surface area contributed by atoms with Crippen molar-refractivity contribution in [3.05, 3.63) is 108 Å². The van der Waals surface area contributed by atoms with E-state index in [0.29, 0.717) is 5.56 Å². The summed E-state index contributed by atoms with van der Waals surface area (Å²) in [6, 6.07) is 31.9. The summed E-state index contributed by atoms with van der Waals surface area (Å²) in [6.45, 7) is 0. The molecule has 4 aromatic carbocycles. The molecule has 4 aromatic rings. The number of carbonyl (C=O) groups is 1. The highest BCUT2D eigenvalue weighted by Gasteiger charge is 2.12. The summed E-state index contributed by atoms with van der Waals surface area (Å²) in [6.07, 6.45) is 0. The smallest absolute Gasteiger partial charge is 0.193 e. The van der Waals surface area contributed by atoms with Crippen molar-refractivity contribution in [3.8, 4) is 11.1 Å². The third-order valence-electron chi connectivity index (χ3n) is 4.29. The molecule has 0 saturated carbocycles. The standard InChI is InChI=1S/C23H16O/c24-23(22-12-6-10-19-9-4-5-11-21(19)22)20-15-13-18(14-16-20)17-7-2-1-3-8-17/h1-16H. The van der Waals surface area contributed by atoms with Crippen molar-refractivity contribution in [3.63, 3.8) is 0 Å². The number of fused-ring (bicyclic) bond motifs is 1. The van der Waals surface area contributed by atoms with Gasteiger partial charge in [0, 0.05) is 11.1 Å². The Hall–Kier alpha value is -3.19. The molecule has 0 aliphatic carbocycles. The molecule has 0 radical (unpaired) electrons. The minimum absolute atomic E-state index is 0.0615. The van der Waals surface area contributed by atoms with E-state index in [2.05, 4.69) is 12.1 Å². The molecule has 0 aliphatic rings. The van der Waals surface area contributed by atoms with Crippen molar-refractivity contribution in [1.29, 1.82) is 0 Å². The molecule has 1 nitrogen and oxygen atoms in total. The van der Waals surface area contributed by atoms with Gasteiger partial charge >= 0.3 is 0 Å². The van der Waals surface area contributed by atoms with Gasteiger partial charge in [0.25, 0.3) is 0 Å². The molecule has 0 saturated heterocycles. The lowest BCUT2D eigenvalue weighted by atomic mass is 9.96. The number of ketones is 1. The van der Waals surface area contributed by atoms with E-state index in [1.54, 1.807) is 0 Å². The van der Waals surface area contributed by atoms with Crippen molar-refractivity contribution in [2.45, 2.75) is 0 Å². The van der Waals surface area contributed by atoms with Gasteiger partial charge in [-0.1, -0.05) is 97.1 Å². The number of hydrogen-bond donors (Lipinski definition) is 0. The highest BCUT2D eigenvalue weighted by molar-refractivity contribution is 6.16. The van der Waals surface area contributed by atoms with Crippen LogP contribution < -0.4 is 0 Å². The van der Waals surface area contributed by atoms with Gasteiger partial charge in [0.05, 0.1) is 0 Å². The predicted molar refractivity (Wildman–Crippen MR) is 99.3 cm³/mol. The number of benzene rings is 4. The van der Waals surface area contributed by atoms with Crippen LogP contribution in [0.25, 0.3) is 21.9 Å². The van der Waals surface area contributed by atoms with Crippen LogP contribution >= 0.6 is 0 Å². The van der Waals surface area contributed by atoms with Crippen molar-refractivity contribution >= 4 is 16.6 Å². The Labute approximate surface area is 141 Å². The third kappa shape index (κ3) is 2.61. The summed E-state index contributed by atoms with van der Waals surface area (Å²) >= 11 is 0. The van der Waals surface area contributed by atoms with E-state index in [1.807, 2.05) is 84.9 Å². The van der Waals surface area contributed by atoms with E-state index in [-0.39, 0.29) is 5.78 Å². The van der Waals surface area contributed by atoms with E-state index in [9.17, 15) is 4.79 Å². The van der Waals surface area contributed by atoms with Gasteiger partial charge in [0.2, 0.25) is 0 Å². The normalized spacial score (nSPS) is 10.7. The van der Waals surface area contributed by atoms with Crippen LogP contribution in [0.5, 0.6) is 0 Å². The van der Waals surface area contributed by atoms with Crippen molar-refractivity contribution in [2.24, 2.45) is 0 Å². The maximum Gasteiger partial charge on any atom is 0.193 e. The van der Waals surface area contributed by atoms with Crippen molar-refractivity contribution in [2.75, 3.05) is 0 Å². The molecular weight excluding hydrogens is 292 g/mol. The second-order valence-corrected chi connectivity index (χ2v) is 5.80. The molecule has 0 heterocycles. The maximum atomic E-state index is 12.9.